The van der Waals surface area contributed by atoms with Gasteiger partial charge in [0, 0.05) is 17.9 Å². The molecule has 2 unspecified atom stereocenters. The molecule has 1 amide bonds. The second kappa shape index (κ2) is 5.77. The van der Waals surface area contributed by atoms with Gasteiger partial charge in [-0.3, -0.25) is 4.79 Å². The number of hydrogen-bond acceptors (Lipinski definition) is 2. The van der Waals surface area contributed by atoms with E-state index in [1.807, 2.05) is 42.6 Å². The summed E-state index contributed by atoms with van der Waals surface area (Å²) in [6.07, 6.45) is 4.23. The van der Waals surface area contributed by atoms with E-state index >= 15 is 0 Å². The van der Waals surface area contributed by atoms with Gasteiger partial charge in [0.05, 0.1) is 5.56 Å². The number of nitrogens with one attached hydrogen (secondary N) is 1. The van der Waals surface area contributed by atoms with Gasteiger partial charge in [-0.15, -0.1) is 0 Å². The molecule has 2 aromatic rings. The molecule has 106 valence electrons. The van der Waals surface area contributed by atoms with E-state index in [2.05, 4.69) is 5.32 Å². The van der Waals surface area contributed by atoms with E-state index in [0.717, 1.165) is 5.52 Å². The normalized spacial score (nSPS) is 13.9. The Hall–Kier alpha value is -2.30. The number of rotatable bonds is 5. The first-order valence-corrected chi connectivity index (χ1v) is 6.63. The zero-order valence-corrected chi connectivity index (χ0v) is 11.5. The van der Waals surface area contributed by atoms with Crippen molar-refractivity contribution in [3.8, 4) is 0 Å². The number of aromatic nitrogens is 1. The van der Waals surface area contributed by atoms with E-state index in [9.17, 15) is 14.7 Å². The predicted molar refractivity (Wildman–Crippen MR) is 75.7 cm³/mol. The Bertz CT molecular complexity index is 600. The van der Waals surface area contributed by atoms with Crippen molar-refractivity contribution in [1.82, 2.24) is 9.72 Å². The third kappa shape index (κ3) is 2.82. The van der Waals surface area contributed by atoms with Crippen LogP contribution in [0.1, 0.15) is 30.6 Å². The minimum absolute atomic E-state index is 0.117. The first kappa shape index (κ1) is 14.1. The van der Waals surface area contributed by atoms with E-state index < -0.39 is 12.0 Å². The number of fused-ring (bicyclic) bond motifs is 1. The highest BCUT2D eigenvalue weighted by Gasteiger charge is 2.26. The van der Waals surface area contributed by atoms with Gasteiger partial charge < -0.3 is 14.8 Å². The van der Waals surface area contributed by atoms with Crippen LogP contribution in [0.2, 0.25) is 0 Å². The molecule has 2 aromatic heterocycles. The average molecular weight is 274 g/mol. The lowest BCUT2D eigenvalue weighted by molar-refractivity contribution is -0.140. The van der Waals surface area contributed by atoms with E-state index in [4.69, 9.17) is 0 Å². The van der Waals surface area contributed by atoms with Gasteiger partial charge in [0.15, 0.2) is 0 Å². The van der Waals surface area contributed by atoms with Crippen molar-refractivity contribution in [1.29, 1.82) is 0 Å². The molecule has 2 heterocycles. The Morgan fingerprint density at radius 2 is 2.15 bits per heavy atom. The molecule has 0 spiro atoms. The van der Waals surface area contributed by atoms with Crippen LogP contribution in [-0.4, -0.2) is 27.4 Å². The topological polar surface area (TPSA) is 70.8 Å². The number of carboxylic acid groups (broad SMARTS) is 1. The summed E-state index contributed by atoms with van der Waals surface area (Å²) in [5, 5.41) is 11.8. The summed E-state index contributed by atoms with van der Waals surface area (Å²) in [6.45, 7) is 3.72. The van der Waals surface area contributed by atoms with Gasteiger partial charge in [0.2, 0.25) is 0 Å². The molecule has 2 atom stereocenters. The van der Waals surface area contributed by atoms with Crippen LogP contribution in [-0.2, 0) is 4.79 Å². The maximum absolute atomic E-state index is 12.2. The summed E-state index contributed by atoms with van der Waals surface area (Å²) in [5.74, 6) is -1.48. The standard InChI is InChI=1S/C15H18N2O3/c1-3-10(2)13(15(19)20)16-14(18)11-8-12-6-4-5-7-17(12)9-11/h4-10,13H,3H2,1-2H3,(H,16,18)(H,19,20). The summed E-state index contributed by atoms with van der Waals surface area (Å²) >= 11 is 0. The van der Waals surface area contributed by atoms with Crippen molar-refractivity contribution < 1.29 is 14.7 Å². The molecule has 0 radical (unpaired) electrons. The van der Waals surface area contributed by atoms with E-state index in [0.29, 0.717) is 12.0 Å². The van der Waals surface area contributed by atoms with Crippen molar-refractivity contribution in [2.45, 2.75) is 26.3 Å². The minimum Gasteiger partial charge on any atom is -0.480 e. The molecule has 5 nitrogen and oxygen atoms in total. The van der Waals surface area contributed by atoms with Crippen LogP contribution in [0.25, 0.3) is 5.52 Å². The fraction of sp³-hybridized carbons (Fsp3) is 0.333. The third-order valence-corrected chi connectivity index (χ3v) is 3.53. The Morgan fingerprint density at radius 1 is 1.40 bits per heavy atom. The van der Waals surface area contributed by atoms with Crippen LogP contribution in [0.15, 0.2) is 36.7 Å². The van der Waals surface area contributed by atoms with Crippen LogP contribution in [0.4, 0.5) is 0 Å². The predicted octanol–water partition coefficient (Wildman–Crippen LogP) is 2.17. The van der Waals surface area contributed by atoms with E-state index in [-0.39, 0.29) is 11.8 Å². The van der Waals surface area contributed by atoms with Crippen LogP contribution >= 0.6 is 0 Å². The van der Waals surface area contributed by atoms with Crippen LogP contribution < -0.4 is 5.32 Å². The fourth-order valence-electron chi connectivity index (χ4n) is 2.09. The highest BCUT2D eigenvalue weighted by Crippen LogP contribution is 2.12. The lowest BCUT2D eigenvalue weighted by Gasteiger charge is -2.19. The fourth-order valence-corrected chi connectivity index (χ4v) is 2.09. The van der Waals surface area contributed by atoms with Crippen molar-refractivity contribution in [2.75, 3.05) is 0 Å². The summed E-state index contributed by atoms with van der Waals surface area (Å²) < 4.78 is 1.83. The second-order valence-electron chi connectivity index (χ2n) is 4.94. The number of nitrogens with zero attached hydrogens (tertiary/aromatic N) is 1. The number of hydrogen-bond donors (Lipinski definition) is 2. The number of carbonyl (C=O) groups is 2. The number of carboxylic acids is 1. The number of carbonyl (C=O) groups excluding carboxylic acids is 1. The molecule has 20 heavy (non-hydrogen) atoms. The Kier molecular flexibility index (Phi) is 4.08. The average Bonchev–Trinajstić information content (AvgIpc) is 2.87. The van der Waals surface area contributed by atoms with Crippen molar-refractivity contribution in [3.05, 3.63) is 42.2 Å². The Labute approximate surface area is 117 Å². The van der Waals surface area contributed by atoms with Crippen LogP contribution in [0, 0.1) is 5.92 Å². The quantitative estimate of drug-likeness (QED) is 0.877. The maximum Gasteiger partial charge on any atom is 0.326 e. The molecular formula is C15H18N2O3. The van der Waals surface area contributed by atoms with Gasteiger partial charge in [-0.05, 0) is 24.1 Å². The summed E-state index contributed by atoms with van der Waals surface area (Å²) in [7, 11) is 0. The zero-order chi connectivity index (χ0) is 14.7. The van der Waals surface area contributed by atoms with Gasteiger partial charge in [-0.2, -0.15) is 0 Å². The highest BCUT2D eigenvalue weighted by atomic mass is 16.4. The first-order valence-electron chi connectivity index (χ1n) is 6.63. The Balaban J connectivity index is 2.20. The summed E-state index contributed by atoms with van der Waals surface area (Å²) in [4.78, 5) is 23.4. The number of pyridine rings is 1. The molecule has 0 bridgehead atoms. The van der Waals surface area contributed by atoms with Gasteiger partial charge in [-0.1, -0.05) is 26.3 Å². The van der Waals surface area contributed by atoms with Crippen LogP contribution in [0.3, 0.4) is 0 Å². The summed E-state index contributed by atoms with van der Waals surface area (Å²) in [6, 6.07) is 6.52. The molecule has 2 N–H and O–H groups in total. The minimum atomic E-state index is -1.00. The largest absolute Gasteiger partial charge is 0.480 e. The molecular weight excluding hydrogens is 256 g/mol. The number of aliphatic carboxylic acids is 1. The Morgan fingerprint density at radius 3 is 2.75 bits per heavy atom. The molecule has 5 heteroatoms. The van der Waals surface area contributed by atoms with Crippen LogP contribution in [0.5, 0.6) is 0 Å². The van der Waals surface area contributed by atoms with E-state index in [1.54, 1.807) is 12.3 Å². The van der Waals surface area contributed by atoms with Gasteiger partial charge >= 0.3 is 5.97 Å². The van der Waals surface area contributed by atoms with Gasteiger partial charge in [0.25, 0.3) is 5.91 Å². The van der Waals surface area contributed by atoms with Gasteiger partial charge in [-0.25, -0.2) is 4.79 Å². The molecule has 0 aliphatic heterocycles. The third-order valence-electron chi connectivity index (χ3n) is 3.53. The molecule has 0 aromatic carbocycles. The zero-order valence-electron chi connectivity index (χ0n) is 11.5. The van der Waals surface area contributed by atoms with E-state index in [1.165, 1.54) is 0 Å². The maximum atomic E-state index is 12.2. The monoisotopic (exact) mass is 274 g/mol. The number of amides is 1. The van der Waals surface area contributed by atoms with Crippen molar-refractivity contribution >= 4 is 17.4 Å². The molecule has 0 aliphatic carbocycles. The first-order chi connectivity index (χ1) is 9.52. The highest BCUT2D eigenvalue weighted by molar-refractivity contribution is 5.97. The molecule has 0 aliphatic rings. The summed E-state index contributed by atoms with van der Waals surface area (Å²) in [5.41, 5.74) is 1.36. The smallest absolute Gasteiger partial charge is 0.326 e. The molecule has 0 fully saturated rings. The van der Waals surface area contributed by atoms with Crippen molar-refractivity contribution in [2.24, 2.45) is 5.92 Å². The lowest BCUT2D eigenvalue weighted by atomic mass is 9.99. The molecule has 2 rings (SSSR count). The molecule has 0 saturated carbocycles. The second-order valence-corrected chi connectivity index (χ2v) is 4.94. The lowest BCUT2D eigenvalue weighted by Crippen LogP contribution is -2.44. The SMILES string of the molecule is CCC(C)C(NC(=O)c1cc2ccccn2c1)C(=O)O. The molecule has 0 saturated heterocycles. The van der Waals surface area contributed by atoms with Crippen molar-refractivity contribution in [3.63, 3.8) is 0 Å². The van der Waals surface area contributed by atoms with Gasteiger partial charge in [0.1, 0.15) is 6.04 Å².